The van der Waals surface area contributed by atoms with Crippen LogP contribution < -0.4 is 0 Å². The molecule has 9 rings (SSSR count). The maximum atomic E-state index is 14.2. The Balaban J connectivity index is 1.15. The van der Waals surface area contributed by atoms with Crippen molar-refractivity contribution in [2.24, 2.45) is 0 Å². The first-order valence-corrected chi connectivity index (χ1v) is 16.0. The Morgan fingerprint density at radius 2 is 0.917 bits per heavy atom. The van der Waals surface area contributed by atoms with Crippen molar-refractivity contribution < 1.29 is 8.78 Å². The van der Waals surface area contributed by atoms with Gasteiger partial charge in [-0.3, -0.25) is 4.57 Å². The van der Waals surface area contributed by atoms with Crippen LogP contribution >= 0.6 is 0 Å². The van der Waals surface area contributed by atoms with E-state index in [4.69, 9.17) is 0 Å². The second-order valence-electron chi connectivity index (χ2n) is 13.1. The van der Waals surface area contributed by atoms with E-state index in [9.17, 15) is 8.78 Å². The average molecular weight is 626 g/mol. The first-order chi connectivity index (χ1) is 23.3. The molecule has 0 unspecified atom stereocenters. The molecule has 0 atom stereocenters. The van der Waals surface area contributed by atoms with Crippen molar-refractivity contribution >= 4 is 21.5 Å². The maximum Gasteiger partial charge on any atom is 0.168 e. The molecule has 5 heteroatoms. The van der Waals surface area contributed by atoms with Crippen LogP contribution in [-0.2, 0) is 5.41 Å². The smallest absolute Gasteiger partial charge is 0.168 e. The SMILES string of the molecule is CC1(C)c2cc(-c3ccc(-n4c(-c5ccccc5)nnc4-c4ccccc4)cc3)cc3ccc4cc(-c5cc(F)cc(F)c5)cc1c4c23. The molecular formula is C43H29F2N3. The van der Waals surface area contributed by atoms with Gasteiger partial charge in [0.25, 0.3) is 0 Å². The molecule has 7 aromatic carbocycles. The zero-order chi connectivity index (χ0) is 32.6. The first kappa shape index (κ1) is 28.3. The molecule has 1 aliphatic rings. The summed E-state index contributed by atoms with van der Waals surface area (Å²) in [6, 6.07) is 45.6. The minimum atomic E-state index is -0.577. The molecule has 3 nitrogen and oxygen atoms in total. The van der Waals surface area contributed by atoms with Crippen molar-refractivity contribution in [3.63, 3.8) is 0 Å². The highest BCUT2D eigenvalue weighted by atomic mass is 19.1. The van der Waals surface area contributed by atoms with Gasteiger partial charge in [0.2, 0.25) is 0 Å². The third-order valence-electron chi connectivity index (χ3n) is 9.76. The van der Waals surface area contributed by atoms with Crippen LogP contribution in [0.2, 0.25) is 0 Å². The Kier molecular flexibility index (Phi) is 6.21. The van der Waals surface area contributed by atoms with E-state index in [1.54, 1.807) is 0 Å². The fraction of sp³-hybridized carbons (Fsp3) is 0.0698. The fourth-order valence-electron chi connectivity index (χ4n) is 7.39. The van der Waals surface area contributed by atoms with Gasteiger partial charge in [-0.1, -0.05) is 98.8 Å². The van der Waals surface area contributed by atoms with Gasteiger partial charge in [-0.05, 0) is 103 Å². The normalized spacial score (nSPS) is 13.2. The second kappa shape index (κ2) is 10.5. The molecule has 0 saturated carbocycles. The molecule has 0 aliphatic heterocycles. The number of benzene rings is 7. The first-order valence-electron chi connectivity index (χ1n) is 16.0. The van der Waals surface area contributed by atoms with Crippen LogP contribution in [-0.4, -0.2) is 14.8 Å². The van der Waals surface area contributed by atoms with E-state index in [-0.39, 0.29) is 5.41 Å². The minimum Gasteiger partial charge on any atom is -0.275 e. The molecule has 0 amide bonds. The van der Waals surface area contributed by atoms with E-state index >= 15 is 0 Å². The van der Waals surface area contributed by atoms with E-state index in [1.165, 1.54) is 39.4 Å². The molecule has 0 fully saturated rings. The maximum absolute atomic E-state index is 14.2. The number of rotatable bonds is 5. The van der Waals surface area contributed by atoms with E-state index < -0.39 is 11.6 Å². The van der Waals surface area contributed by atoms with Crippen molar-refractivity contribution in [1.82, 2.24) is 14.8 Å². The van der Waals surface area contributed by atoms with E-state index in [0.717, 1.165) is 56.6 Å². The lowest BCUT2D eigenvalue weighted by atomic mass is 9.80. The summed E-state index contributed by atoms with van der Waals surface area (Å²) >= 11 is 0. The van der Waals surface area contributed by atoms with Crippen LogP contribution in [0.4, 0.5) is 8.78 Å². The van der Waals surface area contributed by atoms with Crippen molar-refractivity contribution in [3.8, 4) is 50.7 Å². The third-order valence-corrected chi connectivity index (χ3v) is 9.76. The summed E-state index contributed by atoms with van der Waals surface area (Å²) in [5, 5.41) is 14.0. The highest BCUT2D eigenvalue weighted by Crippen LogP contribution is 2.51. The van der Waals surface area contributed by atoms with Gasteiger partial charge in [0.1, 0.15) is 11.6 Å². The van der Waals surface area contributed by atoms with Gasteiger partial charge in [-0.25, -0.2) is 8.78 Å². The van der Waals surface area contributed by atoms with E-state index in [0.29, 0.717) is 5.56 Å². The summed E-state index contributed by atoms with van der Waals surface area (Å²) in [5.41, 5.74) is 8.66. The summed E-state index contributed by atoms with van der Waals surface area (Å²) in [7, 11) is 0. The Hall–Kier alpha value is -5.94. The van der Waals surface area contributed by atoms with Crippen LogP contribution in [0.5, 0.6) is 0 Å². The number of hydrogen-bond acceptors (Lipinski definition) is 2. The highest BCUT2D eigenvalue weighted by Gasteiger charge is 2.35. The highest BCUT2D eigenvalue weighted by molar-refractivity contribution is 6.16. The molecule has 48 heavy (non-hydrogen) atoms. The molecule has 0 bridgehead atoms. The fourth-order valence-corrected chi connectivity index (χ4v) is 7.39. The van der Waals surface area contributed by atoms with Gasteiger partial charge < -0.3 is 0 Å². The van der Waals surface area contributed by atoms with Gasteiger partial charge in [0.05, 0.1) is 0 Å². The van der Waals surface area contributed by atoms with Crippen molar-refractivity contribution in [2.75, 3.05) is 0 Å². The monoisotopic (exact) mass is 625 g/mol. The molecule has 1 heterocycles. The molecule has 1 aromatic heterocycles. The molecular weight excluding hydrogens is 596 g/mol. The summed E-state index contributed by atoms with van der Waals surface area (Å²) in [4.78, 5) is 0. The zero-order valence-electron chi connectivity index (χ0n) is 26.4. The van der Waals surface area contributed by atoms with Gasteiger partial charge in [-0.2, -0.15) is 0 Å². The lowest BCUT2D eigenvalue weighted by Crippen LogP contribution is -2.15. The van der Waals surface area contributed by atoms with Crippen molar-refractivity contribution in [3.05, 3.63) is 162 Å². The topological polar surface area (TPSA) is 30.7 Å². The quantitative estimate of drug-likeness (QED) is 0.178. The lowest BCUT2D eigenvalue weighted by Gasteiger charge is -2.23. The van der Waals surface area contributed by atoms with Crippen LogP contribution in [0.25, 0.3) is 72.3 Å². The average Bonchev–Trinajstić information content (AvgIpc) is 3.65. The minimum absolute atomic E-state index is 0.310. The third kappa shape index (κ3) is 4.39. The number of hydrogen-bond donors (Lipinski definition) is 0. The van der Waals surface area contributed by atoms with Crippen LogP contribution in [0.1, 0.15) is 25.0 Å². The Labute approximate surface area is 276 Å². The Morgan fingerprint density at radius 1 is 0.458 bits per heavy atom. The molecule has 230 valence electrons. The van der Waals surface area contributed by atoms with Gasteiger partial charge in [0, 0.05) is 28.3 Å². The number of nitrogens with zero attached hydrogens (tertiary/aromatic N) is 3. The van der Waals surface area contributed by atoms with Gasteiger partial charge in [0.15, 0.2) is 11.6 Å². The molecule has 8 aromatic rings. The lowest BCUT2D eigenvalue weighted by molar-refractivity contribution is 0.584. The zero-order valence-corrected chi connectivity index (χ0v) is 26.4. The Morgan fingerprint density at radius 3 is 1.42 bits per heavy atom. The van der Waals surface area contributed by atoms with E-state index in [2.05, 4.69) is 107 Å². The number of aromatic nitrogens is 3. The summed E-state index contributed by atoms with van der Waals surface area (Å²) in [6.45, 7) is 4.48. The molecule has 0 spiro atoms. The standard InChI is InChI=1S/C43H29F2N3/c1-43(2)37-23-31(19-29-13-14-30-20-32(24-38(43)40(30)39(29)37)33-21-34(44)25-35(45)22-33)26-15-17-36(18-16-26)48-41(27-9-5-3-6-10-27)46-47-42(48)28-11-7-4-8-12-28/h3-25H,1-2H3. The molecule has 1 aliphatic carbocycles. The van der Waals surface area contributed by atoms with E-state index in [1.807, 2.05) is 42.5 Å². The van der Waals surface area contributed by atoms with Crippen molar-refractivity contribution in [2.45, 2.75) is 19.3 Å². The van der Waals surface area contributed by atoms with Crippen LogP contribution in [0, 0.1) is 11.6 Å². The number of halogens is 2. The van der Waals surface area contributed by atoms with Crippen LogP contribution in [0.15, 0.2) is 140 Å². The molecule has 0 radical (unpaired) electrons. The summed E-state index contributed by atoms with van der Waals surface area (Å²) < 4.78 is 30.5. The van der Waals surface area contributed by atoms with Gasteiger partial charge in [-0.15, -0.1) is 10.2 Å². The van der Waals surface area contributed by atoms with Crippen molar-refractivity contribution in [1.29, 1.82) is 0 Å². The van der Waals surface area contributed by atoms with Crippen LogP contribution in [0.3, 0.4) is 0 Å². The predicted molar refractivity (Wildman–Crippen MR) is 190 cm³/mol. The second-order valence-corrected chi connectivity index (χ2v) is 13.1. The summed E-state index contributed by atoms with van der Waals surface area (Å²) in [6.07, 6.45) is 0. The Bertz CT molecular complexity index is 2460. The van der Waals surface area contributed by atoms with Gasteiger partial charge >= 0.3 is 0 Å². The summed E-state index contributed by atoms with van der Waals surface area (Å²) in [5.74, 6) is 0.411. The predicted octanol–water partition coefficient (Wildman–Crippen LogP) is 11.2. The molecule has 0 N–H and O–H groups in total. The largest absolute Gasteiger partial charge is 0.275 e. The molecule has 0 saturated heterocycles.